The summed E-state index contributed by atoms with van der Waals surface area (Å²) in [5.74, 6) is 0.331. The summed E-state index contributed by atoms with van der Waals surface area (Å²) in [6.07, 6.45) is 1.52. The maximum Gasteiger partial charge on any atom is 0.276 e. The zero-order chi connectivity index (χ0) is 16.8. The fourth-order valence-corrected chi connectivity index (χ4v) is 1.90. The van der Waals surface area contributed by atoms with E-state index in [1.165, 1.54) is 23.9 Å². The van der Waals surface area contributed by atoms with Gasteiger partial charge in [0.25, 0.3) is 5.91 Å². The molecule has 1 aromatic heterocycles. The molecule has 2 rings (SSSR count). The number of ether oxygens (including phenoxy) is 2. The molecular weight excluding hydrogens is 298 g/mol. The van der Waals surface area contributed by atoms with Gasteiger partial charge in [0.15, 0.2) is 5.69 Å². The van der Waals surface area contributed by atoms with Gasteiger partial charge in [-0.2, -0.15) is 5.10 Å². The van der Waals surface area contributed by atoms with Crippen LogP contribution in [0.1, 0.15) is 10.5 Å². The first-order valence-electron chi connectivity index (χ1n) is 6.82. The van der Waals surface area contributed by atoms with Crippen LogP contribution in [-0.4, -0.2) is 36.5 Å². The van der Waals surface area contributed by atoms with Gasteiger partial charge in [-0.15, -0.1) is 6.58 Å². The monoisotopic (exact) mass is 315 g/mol. The molecule has 0 bridgehead atoms. The Bertz CT molecular complexity index is 766. The molecule has 0 aliphatic rings. The van der Waals surface area contributed by atoms with Crippen molar-refractivity contribution in [3.63, 3.8) is 0 Å². The van der Waals surface area contributed by atoms with Crippen LogP contribution in [-0.2, 0) is 0 Å². The van der Waals surface area contributed by atoms with Gasteiger partial charge in [-0.05, 0) is 24.3 Å². The van der Waals surface area contributed by atoms with Gasteiger partial charge in [0.2, 0.25) is 11.3 Å². The second-order valence-corrected chi connectivity index (χ2v) is 4.51. The zero-order valence-corrected chi connectivity index (χ0v) is 12.9. The lowest BCUT2D eigenvalue weighted by molar-refractivity contribution is 0.0950. The van der Waals surface area contributed by atoms with E-state index >= 15 is 0 Å². The Kier molecular flexibility index (Phi) is 5.14. The van der Waals surface area contributed by atoms with Crippen LogP contribution >= 0.6 is 0 Å². The van der Waals surface area contributed by atoms with E-state index in [0.717, 1.165) is 0 Å². The summed E-state index contributed by atoms with van der Waals surface area (Å²) < 4.78 is 11.7. The molecule has 0 atom stereocenters. The number of nitrogens with one attached hydrogen (secondary N) is 1. The molecule has 2 aromatic rings. The molecule has 1 N–H and O–H groups in total. The quantitative estimate of drug-likeness (QED) is 0.809. The van der Waals surface area contributed by atoms with Crippen LogP contribution in [0.4, 0.5) is 0 Å². The van der Waals surface area contributed by atoms with Crippen LogP contribution < -0.4 is 20.2 Å². The van der Waals surface area contributed by atoms with Gasteiger partial charge in [0.1, 0.15) is 5.75 Å². The number of amides is 1. The standard InChI is InChI=1S/C16H17N3O4/c1-4-9-17-16(21)15-13(20)10-14(23-3)19(18-15)11-5-7-12(22-2)8-6-11/h4-8,10H,1,9H2,2-3H3,(H,17,21). The Hall–Kier alpha value is -3.09. The molecule has 1 amide bonds. The number of hydrogen-bond acceptors (Lipinski definition) is 5. The molecular formula is C16H17N3O4. The highest BCUT2D eigenvalue weighted by Gasteiger charge is 2.16. The van der Waals surface area contributed by atoms with Crippen molar-refractivity contribution in [3.05, 3.63) is 58.9 Å². The number of carbonyl (C=O) groups is 1. The van der Waals surface area contributed by atoms with Crippen LogP contribution in [0, 0.1) is 0 Å². The summed E-state index contributed by atoms with van der Waals surface area (Å²) in [7, 11) is 2.99. The molecule has 0 saturated heterocycles. The number of aromatic nitrogens is 2. The first-order valence-corrected chi connectivity index (χ1v) is 6.82. The number of nitrogens with zero attached hydrogens (tertiary/aromatic N) is 2. The van der Waals surface area contributed by atoms with Crippen molar-refractivity contribution in [2.24, 2.45) is 0 Å². The van der Waals surface area contributed by atoms with Gasteiger partial charge >= 0.3 is 0 Å². The molecule has 1 aromatic carbocycles. The lowest BCUT2D eigenvalue weighted by Gasteiger charge is -2.12. The number of methoxy groups -OCH3 is 2. The molecule has 0 saturated carbocycles. The molecule has 0 aliphatic carbocycles. The van der Waals surface area contributed by atoms with Gasteiger partial charge in [0, 0.05) is 6.54 Å². The third kappa shape index (κ3) is 3.57. The van der Waals surface area contributed by atoms with E-state index in [-0.39, 0.29) is 18.1 Å². The average molecular weight is 315 g/mol. The third-order valence-corrected chi connectivity index (χ3v) is 3.04. The third-order valence-electron chi connectivity index (χ3n) is 3.04. The number of carbonyl (C=O) groups excluding carboxylic acids is 1. The SMILES string of the molecule is C=CCNC(=O)c1nn(-c2ccc(OC)cc2)c(OC)cc1=O. The summed E-state index contributed by atoms with van der Waals surface area (Å²) in [5, 5.41) is 6.64. The molecule has 120 valence electrons. The topological polar surface area (TPSA) is 82.5 Å². The Morgan fingerprint density at radius 1 is 1.30 bits per heavy atom. The lowest BCUT2D eigenvalue weighted by atomic mass is 10.3. The largest absolute Gasteiger partial charge is 0.497 e. The first-order chi connectivity index (χ1) is 11.1. The molecule has 0 unspecified atom stereocenters. The molecule has 23 heavy (non-hydrogen) atoms. The Morgan fingerprint density at radius 2 is 2.00 bits per heavy atom. The Morgan fingerprint density at radius 3 is 2.57 bits per heavy atom. The molecule has 0 spiro atoms. The lowest BCUT2D eigenvalue weighted by Crippen LogP contribution is -2.31. The second-order valence-electron chi connectivity index (χ2n) is 4.51. The van der Waals surface area contributed by atoms with Crippen molar-refractivity contribution in [1.82, 2.24) is 15.1 Å². The van der Waals surface area contributed by atoms with E-state index in [0.29, 0.717) is 11.4 Å². The van der Waals surface area contributed by atoms with Crippen LogP contribution in [0.25, 0.3) is 5.69 Å². The van der Waals surface area contributed by atoms with Crippen molar-refractivity contribution >= 4 is 5.91 Å². The average Bonchev–Trinajstić information content (AvgIpc) is 2.59. The molecule has 0 radical (unpaired) electrons. The molecule has 0 aliphatic heterocycles. The van der Waals surface area contributed by atoms with Crippen LogP contribution in [0.5, 0.6) is 11.6 Å². The van der Waals surface area contributed by atoms with Gasteiger partial charge in [0.05, 0.1) is 26.0 Å². The van der Waals surface area contributed by atoms with Crippen LogP contribution in [0.15, 0.2) is 47.8 Å². The van der Waals surface area contributed by atoms with E-state index in [2.05, 4.69) is 17.0 Å². The maximum absolute atomic E-state index is 12.0. The van der Waals surface area contributed by atoms with Gasteiger partial charge < -0.3 is 14.8 Å². The molecule has 1 heterocycles. The predicted octanol–water partition coefficient (Wildman–Crippen LogP) is 1.17. The molecule has 0 fully saturated rings. The summed E-state index contributed by atoms with van der Waals surface area (Å²) in [4.78, 5) is 24.0. The zero-order valence-electron chi connectivity index (χ0n) is 12.9. The van der Waals surface area contributed by atoms with Crippen molar-refractivity contribution < 1.29 is 14.3 Å². The maximum atomic E-state index is 12.0. The van der Waals surface area contributed by atoms with E-state index in [4.69, 9.17) is 9.47 Å². The Labute approximate surface area is 133 Å². The highest BCUT2D eigenvalue weighted by molar-refractivity contribution is 5.92. The highest BCUT2D eigenvalue weighted by atomic mass is 16.5. The van der Waals surface area contributed by atoms with Gasteiger partial charge in [-0.1, -0.05) is 6.08 Å². The van der Waals surface area contributed by atoms with Crippen molar-refractivity contribution in [3.8, 4) is 17.3 Å². The van der Waals surface area contributed by atoms with E-state index in [1.807, 2.05) is 0 Å². The fraction of sp³-hybridized carbons (Fsp3) is 0.188. The van der Waals surface area contributed by atoms with Crippen molar-refractivity contribution in [2.45, 2.75) is 0 Å². The van der Waals surface area contributed by atoms with E-state index < -0.39 is 11.3 Å². The smallest absolute Gasteiger partial charge is 0.276 e. The van der Waals surface area contributed by atoms with Crippen molar-refractivity contribution in [1.29, 1.82) is 0 Å². The number of rotatable bonds is 6. The minimum atomic E-state index is -0.570. The van der Waals surface area contributed by atoms with Crippen molar-refractivity contribution in [2.75, 3.05) is 20.8 Å². The predicted molar refractivity (Wildman–Crippen MR) is 85.5 cm³/mol. The summed E-state index contributed by atoms with van der Waals surface area (Å²) >= 11 is 0. The summed E-state index contributed by atoms with van der Waals surface area (Å²) in [5.41, 5.74) is -0.114. The minimum absolute atomic E-state index is 0.219. The van der Waals surface area contributed by atoms with E-state index in [9.17, 15) is 9.59 Å². The first kappa shape index (κ1) is 16.3. The van der Waals surface area contributed by atoms with Crippen LogP contribution in [0.3, 0.4) is 0 Å². The van der Waals surface area contributed by atoms with E-state index in [1.54, 1.807) is 31.4 Å². The van der Waals surface area contributed by atoms with Gasteiger partial charge in [-0.25, -0.2) is 4.68 Å². The fourth-order valence-electron chi connectivity index (χ4n) is 1.90. The normalized spacial score (nSPS) is 10.0. The van der Waals surface area contributed by atoms with Crippen LogP contribution in [0.2, 0.25) is 0 Å². The summed E-state index contributed by atoms with van der Waals surface area (Å²) in [6, 6.07) is 8.19. The number of benzene rings is 1. The van der Waals surface area contributed by atoms with Gasteiger partial charge in [-0.3, -0.25) is 9.59 Å². The second kappa shape index (κ2) is 7.26. The minimum Gasteiger partial charge on any atom is -0.497 e. The molecule has 7 nitrogen and oxygen atoms in total. The molecule has 7 heteroatoms. The number of hydrogen-bond donors (Lipinski definition) is 1. The Balaban J connectivity index is 2.50. The summed E-state index contributed by atoms with van der Waals surface area (Å²) in [6.45, 7) is 3.75. The highest BCUT2D eigenvalue weighted by Crippen LogP contribution is 2.18.